The molecule has 3 rings (SSSR count). The van der Waals surface area contributed by atoms with Crippen LogP contribution in [0.25, 0.3) is 0 Å². The number of carboxylic acids is 1. The summed E-state index contributed by atoms with van der Waals surface area (Å²) in [6.45, 7) is 5.60. The zero-order valence-electron chi connectivity index (χ0n) is 12.7. The normalized spacial score (nSPS) is 16.8. The molecule has 1 unspecified atom stereocenters. The minimum absolute atomic E-state index is 0.272. The predicted molar refractivity (Wildman–Crippen MR) is 85.7 cm³/mol. The molecule has 2 aromatic rings. The first kappa shape index (κ1) is 14.4. The highest BCUT2D eigenvalue weighted by Crippen LogP contribution is 2.35. The number of ether oxygens (including phenoxy) is 1. The molecule has 1 aliphatic rings. The van der Waals surface area contributed by atoms with Crippen LogP contribution in [0, 0.1) is 6.92 Å². The van der Waals surface area contributed by atoms with Crippen molar-refractivity contribution >= 4 is 11.7 Å². The van der Waals surface area contributed by atoms with Gasteiger partial charge in [0.15, 0.2) is 0 Å². The average molecular weight is 297 g/mol. The van der Waals surface area contributed by atoms with E-state index in [9.17, 15) is 4.79 Å². The number of hydrogen-bond acceptors (Lipinski definition) is 3. The lowest BCUT2D eigenvalue weighted by molar-refractivity contribution is 0.0697. The Bertz CT molecular complexity index is 694. The highest BCUT2D eigenvalue weighted by Gasteiger charge is 2.24. The summed E-state index contributed by atoms with van der Waals surface area (Å²) in [6, 6.07) is 13.5. The van der Waals surface area contributed by atoms with Crippen molar-refractivity contribution in [2.75, 3.05) is 11.5 Å². The first-order chi connectivity index (χ1) is 10.5. The Labute approximate surface area is 130 Å². The van der Waals surface area contributed by atoms with E-state index in [0.717, 1.165) is 23.5 Å². The molecule has 0 saturated carbocycles. The average Bonchev–Trinajstić information content (AvgIpc) is 2.51. The number of anilines is 1. The second-order valence-electron chi connectivity index (χ2n) is 5.76. The largest absolute Gasteiger partial charge is 0.489 e. The van der Waals surface area contributed by atoms with E-state index in [0.29, 0.717) is 12.2 Å². The number of fused-ring (bicyclic) bond motifs is 1. The molecule has 0 radical (unpaired) electrons. The number of benzene rings is 2. The first-order valence-corrected chi connectivity index (χ1v) is 7.37. The smallest absolute Gasteiger partial charge is 0.335 e. The summed E-state index contributed by atoms with van der Waals surface area (Å²) in [7, 11) is 0. The molecule has 1 N–H and O–H groups in total. The molecule has 114 valence electrons. The standard InChI is InChI=1S/C18H19NO3/c1-12-3-8-17-16(9-12)19(13(2)11-22-17)10-14-4-6-15(7-5-14)18(20)21/h3-9,13H,10-11H2,1-2H3,(H,20,21). The van der Waals surface area contributed by atoms with Crippen LogP contribution < -0.4 is 9.64 Å². The molecule has 4 heteroatoms. The van der Waals surface area contributed by atoms with Crippen molar-refractivity contribution in [1.29, 1.82) is 0 Å². The molecule has 0 fully saturated rings. The Morgan fingerprint density at radius 2 is 2.00 bits per heavy atom. The molecule has 1 aliphatic heterocycles. The van der Waals surface area contributed by atoms with Crippen LogP contribution in [-0.4, -0.2) is 23.7 Å². The molecular formula is C18H19NO3. The van der Waals surface area contributed by atoms with Crippen LogP contribution in [0.15, 0.2) is 42.5 Å². The summed E-state index contributed by atoms with van der Waals surface area (Å²) in [5.74, 6) is 0.0121. The number of carbonyl (C=O) groups is 1. The van der Waals surface area contributed by atoms with E-state index in [1.165, 1.54) is 5.56 Å². The molecule has 0 aromatic heterocycles. The van der Waals surface area contributed by atoms with Gasteiger partial charge in [0.1, 0.15) is 12.4 Å². The summed E-state index contributed by atoms with van der Waals surface area (Å²) in [6.07, 6.45) is 0. The van der Waals surface area contributed by atoms with Gasteiger partial charge in [-0.2, -0.15) is 0 Å². The second-order valence-corrected chi connectivity index (χ2v) is 5.76. The number of nitrogens with zero attached hydrogens (tertiary/aromatic N) is 1. The van der Waals surface area contributed by atoms with Gasteiger partial charge in [0.05, 0.1) is 17.3 Å². The van der Waals surface area contributed by atoms with E-state index in [-0.39, 0.29) is 6.04 Å². The van der Waals surface area contributed by atoms with Crippen LogP contribution in [0.4, 0.5) is 5.69 Å². The molecule has 22 heavy (non-hydrogen) atoms. The highest BCUT2D eigenvalue weighted by molar-refractivity contribution is 5.87. The molecule has 4 nitrogen and oxygen atoms in total. The van der Waals surface area contributed by atoms with Gasteiger partial charge < -0.3 is 14.7 Å². The first-order valence-electron chi connectivity index (χ1n) is 7.37. The quantitative estimate of drug-likeness (QED) is 0.942. The summed E-state index contributed by atoms with van der Waals surface area (Å²) in [5, 5.41) is 8.97. The summed E-state index contributed by atoms with van der Waals surface area (Å²) >= 11 is 0. The summed E-state index contributed by atoms with van der Waals surface area (Å²) < 4.78 is 5.79. The van der Waals surface area contributed by atoms with Crippen molar-refractivity contribution in [2.24, 2.45) is 0 Å². The minimum atomic E-state index is -0.896. The molecule has 2 aromatic carbocycles. The fourth-order valence-corrected chi connectivity index (χ4v) is 2.70. The van der Waals surface area contributed by atoms with Crippen LogP contribution in [-0.2, 0) is 6.54 Å². The highest BCUT2D eigenvalue weighted by atomic mass is 16.5. The van der Waals surface area contributed by atoms with Crippen molar-refractivity contribution in [1.82, 2.24) is 0 Å². The van der Waals surface area contributed by atoms with Gasteiger partial charge in [0.25, 0.3) is 0 Å². The molecule has 0 bridgehead atoms. The number of aromatic carboxylic acids is 1. The Kier molecular flexibility index (Phi) is 3.75. The van der Waals surface area contributed by atoms with Crippen molar-refractivity contribution < 1.29 is 14.6 Å². The number of aryl methyl sites for hydroxylation is 1. The van der Waals surface area contributed by atoms with E-state index < -0.39 is 5.97 Å². The van der Waals surface area contributed by atoms with E-state index in [1.807, 2.05) is 18.2 Å². The summed E-state index contributed by atoms with van der Waals surface area (Å²) in [4.78, 5) is 13.2. The van der Waals surface area contributed by atoms with Crippen LogP contribution in [0.3, 0.4) is 0 Å². The Hall–Kier alpha value is -2.49. The Morgan fingerprint density at radius 1 is 1.27 bits per heavy atom. The molecule has 0 spiro atoms. The van der Waals surface area contributed by atoms with Crippen molar-refractivity contribution in [3.8, 4) is 5.75 Å². The van der Waals surface area contributed by atoms with Crippen LogP contribution in [0.2, 0.25) is 0 Å². The van der Waals surface area contributed by atoms with Gasteiger partial charge >= 0.3 is 5.97 Å². The maximum Gasteiger partial charge on any atom is 0.335 e. The maximum atomic E-state index is 10.9. The number of hydrogen-bond donors (Lipinski definition) is 1. The van der Waals surface area contributed by atoms with Crippen molar-refractivity contribution in [3.63, 3.8) is 0 Å². The fourth-order valence-electron chi connectivity index (χ4n) is 2.70. The van der Waals surface area contributed by atoms with Crippen LogP contribution in [0.1, 0.15) is 28.4 Å². The minimum Gasteiger partial charge on any atom is -0.489 e. The maximum absolute atomic E-state index is 10.9. The molecule has 1 heterocycles. The molecular weight excluding hydrogens is 278 g/mol. The zero-order valence-corrected chi connectivity index (χ0v) is 12.7. The third-order valence-corrected chi connectivity index (χ3v) is 3.99. The molecule has 1 atom stereocenters. The van der Waals surface area contributed by atoms with Gasteiger partial charge in [-0.1, -0.05) is 18.2 Å². The SMILES string of the molecule is Cc1ccc2c(c1)N(Cc1ccc(C(=O)O)cc1)C(C)CO2. The van der Waals surface area contributed by atoms with Gasteiger partial charge in [-0.05, 0) is 49.2 Å². The Morgan fingerprint density at radius 3 is 2.68 bits per heavy atom. The van der Waals surface area contributed by atoms with Gasteiger partial charge in [0.2, 0.25) is 0 Å². The molecule has 0 saturated heterocycles. The van der Waals surface area contributed by atoms with Gasteiger partial charge in [-0.25, -0.2) is 4.79 Å². The fraction of sp³-hybridized carbons (Fsp3) is 0.278. The Balaban J connectivity index is 1.88. The number of rotatable bonds is 3. The lowest BCUT2D eigenvalue weighted by atomic mass is 10.1. The van der Waals surface area contributed by atoms with Crippen LogP contribution in [0.5, 0.6) is 5.75 Å². The zero-order chi connectivity index (χ0) is 15.7. The van der Waals surface area contributed by atoms with E-state index in [4.69, 9.17) is 9.84 Å². The van der Waals surface area contributed by atoms with Gasteiger partial charge in [-0.15, -0.1) is 0 Å². The van der Waals surface area contributed by atoms with Gasteiger partial charge in [0, 0.05) is 6.54 Å². The monoisotopic (exact) mass is 297 g/mol. The predicted octanol–water partition coefficient (Wildman–Crippen LogP) is 3.48. The number of carboxylic acid groups (broad SMARTS) is 1. The second kappa shape index (κ2) is 5.72. The lowest BCUT2D eigenvalue weighted by Crippen LogP contribution is -2.40. The molecule has 0 amide bonds. The van der Waals surface area contributed by atoms with Crippen molar-refractivity contribution in [2.45, 2.75) is 26.4 Å². The van der Waals surface area contributed by atoms with Crippen LogP contribution >= 0.6 is 0 Å². The van der Waals surface area contributed by atoms with Gasteiger partial charge in [-0.3, -0.25) is 0 Å². The summed E-state index contributed by atoms with van der Waals surface area (Å²) in [5.41, 5.74) is 3.70. The van der Waals surface area contributed by atoms with E-state index in [1.54, 1.807) is 12.1 Å². The lowest BCUT2D eigenvalue weighted by Gasteiger charge is -2.37. The third-order valence-electron chi connectivity index (χ3n) is 3.99. The van der Waals surface area contributed by atoms with Crippen molar-refractivity contribution in [3.05, 3.63) is 59.2 Å². The van der Waals surface area contributed by atoms with E-state index in [2.05, 4.69) is 30.9 Å². The molecule has 0 aliphatic carbocycles. The third kappa shape index (κ3) is 2.77. The topological polar surface area (TPSA) is 49.8 Å². The van der Waals surface area contributed by atoms with E-state index >= 15 is 0 Å².